The van der Waals surface area contributed by atoms with E-state index in [-0.39, 0.29) is 25.0 Å². The summed E-state index contributed by atoms with van der Waals surface area (Å²) in [7, 11) is 0. The third-order valence-electron chi connectivity index (χ3n) is 5.01. The molecule has 9 nitrogen and oxygen atoms in total. The van der Waals surface area contributed by atoms with Crippen molar-refractivity contribution in [1.82, 2.24) is 5.32 Å². The normalized spacial score (nSPS) is 17.3. The minimum absolute atomic E-state index is 0.0646. The molecule has 0 radical (unpaired) electrons. The molecule has 9 heteroatoms. The molecule has 0 aliphatic heterocycles. The molecule has 29 heavy (non-hydrogen) atoms. The molecule has 3 unspecified atom stereocenters. The van der Waals surface area contributed by atoms with Gasteiger partial charge in [0.15, 0.2) is 0 Å². The van der Waals surface area contributed by atoms with Gasteiger partial charge < -0.3 is 20.6 Å². The maximum absolute atomic E-state index is 12.4. The molecule has 4 N–H and O–H groups in total. The van der Waals surface area contributed by atoms with Gasteiger partial charge in [0, 0.05) is 25.2 Å². The molecular formula is C20H23NO8. The van der Waals surface area contributed by atoms with Crippen molar-refractivity contribution in [3.05, 3.63) is 34.9 Å². The molecule has 156 valence electrons. The quantitative estimate of drug-likeness (QED) is 0.451. The summed E-state index contributed by atoms with van der Waals surface area (Å²) in [5.74, 6) is -6.59. The zero-order valence-corrected chi connectivity index (χ0v) is 15.9. The van der Waals surface area contributed by atoms with Crippen molar-refractivity contribution in [1.29, 1.82) is 0 Å². The minimum atomic E-state index is -1.43. The van der Waals surface area contributed by atoms with Gasteiger partial charge in [-0.2, -0.15) is 0 Å². The van der Waals surface area contributed by atoms with E-state index >= 15 is 0 Å². The van der Waals surface area contributed by atoms with Crippen LogP contribution in [0, 0.1) is 12.8 Å². The average molecular weight is 405 g/mol. The van der Waals surface area contributed by atoms with Crippen LogP contribution in [-0.2, 0) is 30.4 Å². The van der Waals surface area contributed by atoms with E-state index in [2.05, 4.69) is 5.32 Å². The zero-order chi connectivity index (χ0) is 21.7. The molecule has 0 aromatic heterocycles. The average Bonchev–Trinajstić information content (AvgIpc) is 2.92. The van der Waals surface area contributed by atoms with Crippen molar-refractivity contribution in [2.75, 3.05) is 0 Å². The number of aryl methyl sites for hydroxylation is 1. The Morgan fingerprint density at radius 1 is 1.14 bits per heavy atom. The number of ketones is 1. The maximum Gasteiger partial charge on any atom is 0.326 e. The minimum Gasteiger partial charge on any atom is -0.481 e. The van der Waals surface area contributed by atoms with Gasteiger partial charge in [0.05, 0.1) is 5.92 Å². The fraction of sp³-hybridized carbons (Fsp3) is 0.450. The summed E-state index contributed by atoms with van der Waals surface area (Å²) in [4.78, 5) is 58.0. The lowest BCUT2D eigenvalue weighted by atomic mass is 9.87. The summed E-state index contributed by atoms with van der Waals surface area (Å²) < 4.78 is 0. The Morgan fingerprint density at radius 2 is 1.83 bits per heavy atom. The molecule has 1 aromatic carbocycles. The highest BCUT2D eigenvalue weighted by atomic mass is 16.4. The summed E-state index contributed by atoms with van der Waals surface area (Å²) >= 11 is 0. The maximum atomic E-state index is 12.4. The van der Waals surface area contributed by atoms with Crippen molar-refractivity contribution in [2.45, 2.75) is 51.0 Å². The monoisotopic (exact) mass is 405 g/mol. The SMILES string of the molecule is Cc1ccc2c(c1)C(CC(CC(=O)NC(CCC(=O)O)C(=O)O)C(=O)O)C(=O)C2. The number of Topliss-reactive ketones (excluding diaryl/α,β-unsaturated/α-hetero) is 1. The van der Waals surface area contributed by atoms with E-state index < -0.39 is 54.5 Å². The van der Waals surface area contributed by atoms with Gasteiger partial charge in [-0.25, -0.2) is 4.79 Å². The highest BCUT2D eigenvalue weighted by Crippen LogP contribution is 2.36. The Bertz CT molecular complexity index is 847. The van der Waals surface area contributed by atoms with Gasteiger partial charge in [-0.1, -0.05) is 23.8 Å². The largest absolute Gasteiger partial charge is 0.481 e. The van der Waals surface area contributed by atoms with E-state index in [1.54, 1.807) is 0 Å². The zero-order valence-electron chi connectivity index (χ0n) is 15.9. The third kappa shape index (κ3) is 5.87. The number of carboxylic acids is 3. The fourth-order valence-corrected chi connectivity index (χ4v) is 3.50. The van der Waals surface area contributed by atoms with Crippen molar-refractivity contribution >= 4 is 29.6 Å². The summed E-state index contributed by atoms with van der Waals surface area (Å²) in [6, 6.07) is 4.13. The molecule has 2 rings (SSSR count). The van der Waals surface area contributed by atoms with Crippen LogP contribution in [0.5, 0.6) is 0 Å². The van der Waals surface area contributed by atoms with Crippen LogP contribution in [0.15, 0.2) is 18.2 Å². The first-order valence-corrected chi connectivity index (χ1v) is 9.17. The Balaban J connectivity index is 2.07. The van der Waals surface area contributed by atoms with Crippen LogP contribution in [0.4, 0.5) is 0 Å². The summed E-state index contributed by atoms with van der Waals surface area (Å²) in [6.45, 7) is 1.87. The van der Waals surface area contributed by atoms with E-state index in [0.29, 0.717) is 0 Å². The first kappa shape index (κ1) is 22.1. The first-order valence-electron chi connectivity index (χ1n) is 9.17. The van der Waals surface area contributed by atoms with Crippen LogP contribution >= 0.6 is 0 Å². The molecule has 1 aromatic rings. The molecule has 0 saturated carbocycles. The molecule has 0 spiro atoms. The van der Waals surface area contributed by atoms with Gasteiger partial charge >= 0.3 is 17.9 Å². The number of carbonyl (C=O) groups is 5. The molecule has 1 aliphatic rings. The van der Waals surface area contributed by atoms with Gasteiger partial charge in [0.25, 0.3) is 0 Å². The Morgan fingerprint density at radius 3 is 2.41 bits per heavy atom. The van der Waals surface area contributed by atoms with E-state index in [4.69, 9.17) is 10.2 Å². The van der Waals surface area contributed by atoms with Crippen molar-refractivity contribution < 1.29 is 39.3 Å². The number of nitrogens with one attached hydrogen (secondary N) is 1. The number of carbonyl (C=O) groups excluding carboxylic acids is 2. The number of amides is 1. The van der Waals surface area contributed by atoms with E-state index in [1.807, 2.05) is 25.1 Å². The second-order valence-electron chi connectivity index (χ2n) is 7.26. The number of fused-ring (bicyclic) bond motifs is 1. The number of hydrogen-bond acceptors (Lipinski definition) is 5. The Hall–Kier alpha value is -3.23. The molecule has 0 fully saturated rings. The van der Waals surface area contributed by atoms with Crippen LogP contribution < -0.4 is 5.32 Å². The van der Waals surface area contributed by atoms with Crippen LogP contribution in [0.1, 0.15) is 48.3 Å². The Kier molecular flexibility index (Phi) is 7.08. The summed E-state index contributed by atoms with van der Waals surface area (Å²) in [5, 5.41) is 29.5. The molecule has 0 heterocycles. The van der Waals surface area contributed by atoms with E-state index in [9.17, 15) is 29.1 Å². The molecule has 0 bridgehead atoms. The number of benzene rings is 1. The second kappa shape index (κ2) is 9.31. The Labute approximate surface area is 166 Å². The van der Waals surface area contributed by atoms with E-state index in [0.717, 1.165) is 16.7 Å². The molecule has 1 amide bonds. The van der Waals surface area contributed by atoms with Crippen molar-refractivity contribution in [2.24, 2.45) is 5.92 Å². The lowest BCUT2D eigenvalue weighted by molar-refractivity contribution is -0.145. The fourth-order valence-electron chi connectivity index (χ4n) is 3.50. The predicted octanol–water partition coefficient (Wildman–Crippen LogP) is 1.12. The standard InChI is InChI=1S/C20H23NO8/c1-10-2-3-11-8-16(22)14(13(11)6-10)7-12(19(26)27)9-17(23)21-15(20(28)29)4-5-18(24)25/h2-3,6,12,14-15H,4-5,7-9H2,1H3,(H,21,23)(H,24,25)(H,26,27)(H,28,29). The number of aliphatic carboxylic acids is 3. The highest BCUT2D eigenvalue weighted by molar-refractivity contribution is 5.93. The number of hydrogen-bond donors (Lipinski definition) is 4. The van der Waals surface area contributed by atoms with Crippen molar-refractivity contribution in [3.8, 4) is 0 Å². The lowest BCUT2D eigenvalue weighted by Crippen LogP contribution is -2.42. The topological polar surface area (TPSA) is 158 Å². The molecule has 1 aliphatic carbocycles. The molecule has 3 atom stereocenters. The lowest BCUT2D eigenvalue weighted by Gasteiger charge is -2.19. The second-order valence-corrected chi connectivity index (χ2v) is 7.26. The third-order valence-corrected chi connectivity index (χ3v) is 5.01. The predicted molar refractivity (Wildman–Crippen MR) is 99.4 cm³/mol. The highest BCUT2D eigenvalue weighted by Gasteiger charge is 2.35. The first-order chi connectivity index (χ1) is 13.6. The van der Waals surface area contributed by atoms with E-state index in [1.165, 1.54) is 0 Å². The van der Waals surface area contributed by atoms with Crippen LogP contribution in [-0.4, -0.2) is 51.0 Å². The van der Waals surface area contributed by atoms with Gasteiger partial charge in [0.2, 0.25) is 5.91 Å². The van der Waals surface area contributed by atoms with Gasteiger partial charge in [0.1, 0.15) is 11.8 Å². The van der Waals surface area contributed by atoms with Gasteiger partial charge in [-0.05, 0) is 30.9 Å². The van der Waals surface area contributed by atoms with Crippen LogP contribution in [0.2, 0.25) is 0 Å². The van der Waals surface area contributed by atoms with Gasteiger partial charge in [-0.15, -0.1) is 0 Å². The van der Waals surface area contributed by atoms with Crippen molar-refractivity contribution in [3.63, 3.8) is 0 Å². The molecule has 0 saturated heterocycles. The summed E-state index contributed by atoms with van der Waals surface area (Å²) in [6.07, 6.45) is -1.12. The smallest absolute Gasteiger partial charge is 0.326 e. The van der Waals surface area contributed by atoms with Crippen LogP contribution in [0.25, 0.3) is 0 Å². The number of rotatable bonds is 10. The van der Waals surface area contributed by atoms with Crippen LogP contribution in [0.3, 0.4) is 0 Å². The molecular weight excluding hydrogens is 382 g/mol. The van der Waals surface area contributed by atoms with Gasteiger partial charge in [-0.3, -0.25) is 19.2 Å². The number of carboxylic acid groups (broad SMARTS) is 3. The summed E-state index contributed by atoms with van der Waals surface area (Å²) in [5.41, 5.74) is 2.56.